The van der Waals surface area contributed by atoms with Crippen LogP contribution in [0.25, 0.3) is 0 Å². The molecule has 0 spiro atoms. The van der Waals surface area contributed by atoms with Gasteiger partial charge in [-0.2, -0.15) is 0 Å². The Kier molecular flexibility index (Phi) is 4.82. The lowest BCUT2D eigenvalue weighted by atomic mass is 10.1. The number of carbonyl (C=O) groups is 1. The fourth-order valence-corrected chi connectivity index (χ4v) is 1.90. The molecular formula is C16H15F2NO. The Bertz CT molecular complexity index is 584. The van der Waals surface area contributed by atoms with Crippen molar-refractivity contribution in [3.63, 3.8) is 0 Å². The van der Waals surface area contributed by atoms with Crippen molar-refractivity contribution < 1.29 is 13.6 Å². The molecule has 0 radical (unpaired) electrons. The number of hydrogen-bond donors (Lipinski definition) is 1. The summed E-state index contributed by atoms with van der Waals surface area (Å²) in [7, 11) is 0. The van der Waals surface area contributed by atoms with Crippen LogP contribution in [-0.2, 0) is 11.2 Å². The van der Waals surface area contributed by atoms with Crippen LogP contribution >= 0.6 is 0 Å². The second-order valence-electron chi connectivity index (χ2n) is 4.51. The third kappa shape index (κ3) is 4.16. The van der Waals surface area contributed by atoms with E-state index < -0.39 is 11.6 Å². The summed E-state index contributed by atoms with van der Waals surface area (Å²) in [4.78, 5) is 11.7. The Morgan fingerprint density at radius 2 is 1.80 bits per heavy atom. The maximum Gasteiger partial charge on any atom is 0.224 e. The zero-order chi connectivity index (χ0) is 14.4. The van der Waals surface area contributed by atoms with E-state index in [1.807, 2.05) is 30.3 Å². The van der Waals surface area contributed by atoms with E-state index >= 15 is 0 Å². The van der Waals surface area contributed by atoms with Gasteiger partial charge in [-0.3, -0.25) is 4.79 Å². The fourth-order valence-electron chi connectivity index (χ4n) is 1.90. The predicted octanol–water partition coefficient (Wildman–Crippen LogP) is 3.93. The molecule has 4 heteroatoms. The molecule has 1 amide bonds. The second kappa shape index (κ2) is 6.80. The van der Waals surface area contributed by atoms with Gasteiger partial charge in [-0.1, -0.05) is 30.3 Å². The number of anilines is 1. The molecule has 0 saturated heterocycles. The first-order valence-corrected chi connectivity index (χ1v) is 6.44. The van der Waals surface area contributed by atoms with Crippen molar-refractivity contribution in [3.05, 3.63) is 65.7 Å². The van der Waals surface area contributed by atoms with Crippen LogP contribution in [0.1, 0.15) is 18.4 Å². The number of halogens is 2. The van der Waals surface area contributed by atoms with Crippen LogP contribution in [0.4, 0.5) is 14.5 Å². The molecule has 0 saturated carbocycles. The molecule has 2 aromatic carbocycles. The zero-order valence-electron chi connectivity index (χ0n) is 10.9. The predicted molar refractivity (Wildman–Crippen MR) is 74.4 cm³/mol. The van der Waals surface area contributed by atoms with Gasteiger partial charge in [0.2, 0.25) is 5.91 Å². The van der Waals surface area contributed by atoms with Crippen LogP contribution in [-0.4, -0.2) is 5.91 Å². The number of rotatable bonds is 5. The first-order chi connectivity index (χ1) is 9.65. The molecule has 0 aliphatic rings. The normalized spacial score (nSPS) is 10.3. The van der Waals surface area contributed by atoms with Crippen LogP contribution < -0.4 is 5.32 Å². The van der Waals surface area contributed by atoms with Crippen LogP contribution in [0.15, 0.2) is 48.5 Å². The largest absolute Gasteiger partial charge is 0.324 e. The monoisotopic (exact) mass is 275 g/mol. The summed E-state index contributed by atoms with van der Waals surface area (Å²) in [5, 5.41) is 2.44. The first-order valence-electron chi connectivity index (χ1n) is 6.44. The summed E-state index contributed by atoms with van der Waals surface area (Å²) < 4.78 is 26.1. The van der Waals surface area contributed by atoms with Crippen LogP contribution in [0.3, 0.4) is 0 Å². The quantitative estimate of drug-likeness (QED) is 0.880. The Hall–Kier alpha value is -2.23. The number of amides is 1. The van der Waals surface area contributed by atoms with Gasteiger partial charge >= 0.3 is 0 Å². The Morgan fingerprint density at radius 1 is 1.05 bits per heavy atom. The minimum Gasteiger partial charge on any atom is -0.324 e. The molecule has 0 aliphatic heterocycles. The number of benzene rings is 2. The number of carbonyl (C=O) groups excluding carboxylic acids is 1. The van der Waals surface area contributed by atoms with Crippen molar-refractivity contribution in [2.75, 3.05) is 5.32 Å². The van der Waals surface area contributed by atoms with Crippen molar-refractivity contribution in [2.45, 2.75) is 19.3 Å². The van der Waals surface area contributed by atoms with Crippen molar-refractivity contribution in [1.29, 1.82) is 0 Å². The molecule has 0 unspecified atom stereocenters. The standard InChI is InChI=1S/C16H15F2NO/c17-13-9-10-15(14(18)11-13)19-16(20)8-4-7-12-5-2-1-3-6-12/h1-3,5-6,9-11H,4,7-8H2,(H,19,20). The molecule has 0 fully saturated rings. The van der Waals surface area contributed by atoms with E-state index in [-0.39, 0.29) is 11.6 Å². The number of nitrogens with one attached hydrogen (secondary N) is 1. The van der Waals surface area contributed by atoms with Crippen molar-refractivity contribution in [1.82, 2.24) is 0 Å². The lowest BCUT2D eigenvalue weighted by molar-refractivity contribution is -0.116. The van der Waals surface area contributed by atoms with Gasteiger partial charge < -0.3 is 5.32 Å². The molecule has 20 heavy (non-hydrogen) atoms. The maximum absolute atomic E-state index is 13.3. The maximum atomic E-state index is 13.3. The Balaban J connectivity index is 1.81. The number of hydrogen-bond acceptors (Lipinski definition) is 1. The van der Waals surface area contributed by atoms with Gasteiger partial charge in [0.1, 0.15) is 11.6 Å². The highest BCUT2D eigenvalue weighted by Gasteiger charge is 2.07. The molecule has 104 valence electrons. The molecule has 0 aliphatic carbocycles. The van der Waals surface area contributed by atoms with Crippen LogP contribution in [0, 0.1) is 11.6 Å². The van der Waals surface area contributed by atoms with Gasteiger partial charge in [0.05, 0.1) is 5.69 Å². The highest BCUT2D eigenvalue weighted by Crippen LogP contribution is 2.15. The molecule has 0 bridgehead atoms. The fraction of sp³-hybridized carbons (Fsp3) is 0.188. The Morgan fingerprint density at radius 3 is 2.50 bits per heavy atom. The molecule has 0 heterocycles. The van der Waals surface area contributed by atoms with Gasteiger partial charge in [-0.25, -0.2) is 8.78 Å². The van der Waals surface area contributed by atoms with E-state index in [0.717, 1.165) is 24.1 Å². The summed E-state index contributed by atoms with van der Waals surface area (Å²) >= 11 is 0. The molecule has 2 aromatic rings. The highest BCUT2D eigenvalue weighted by molar-refractivity contribution is 5.90. The van der Waals surface area contributed by atoms with E-state index in [9.17, 15) is 13.6 Å². The minimum atomic E-state index is -0.763. The average Bonchev–Trinajstić information content (AvgIpc) is 2.43. The van der Waals surface area contributed by atoms with Crippen molar-refractivity contribution in [2.24, 2.45) is 0 Å². The van der Waals surface area contributed by atoms with Crippen LogP contribution in [0.2, 0.25) is 0 Å². The molecule has 0 atom stereocenters. The van der Waals surface area contributed by atoms with Crippen molar-refractivity contribution in [3.8, 4) is 0 Å². The van der Waals surface area contributed by atoms with Crippen LogP contribution in [0.5, 0.6) is 0 Å². The summed E-state index contributed by atoms with van der Waals surface area (Å²) in [6.45, 7) is 0. The molecule has 1 N–H and O–H groups in total. The lowest BCUT2D eigenvalue weighted by Crippen LogP contribution is -2.12. The topological polar surface area (TPSA) is 29.1 Å². The summed E-state index contributed by atoms with van der Waals surface area (Å²) in [6, 6.07) is 12.9. The van der Waals surface area contributed by atoms with E-state index in [2.05, 4.69) is 5.32 Å². The smallest absolute Gasteiger partial charge is 0.224 e. The molecule has 0 aromatic heterocycles. The van der Waals surface area contributed by atoms with E-state index in [0.29, 0.717) is 12.8 Å². The zero-order valence-corrected chi connectivity index (χ0v) is 10.9. The SMILES string of the molecule is O=C(CCCc1ccccc1)Nc1ccc(F)cc1F. The first kappa shape index (κ1) is 14.2. The van der Waals surface area contributed by atoms with E-state index in [4.69, 9.17) is 0 Å². The number of aryl methyl sites for hydroxylation is 1. The summed E-state index contributed by atoms with van der Waals surface area (Å²) in [5.41, 5.74) is 1.17. The lowest BCUT2D eigenvalue weighted by Gasteiger charge is -2.06. The Labute approximate surface area is 116 Å². The van der Waals surface area contributed by atoms with Gasteiger partial charge in [0.25, 0.3) is 0 Å². The second-order valence-corrected chi connectivity index (χ2v) is 4.51. The molecular weight excluding hydrogens is 260 g/mol. The van der Waals surface area contributed by atoms with Gasteiger partial charge in [0, 0.05) is 12.5 Å². The third-order valence-electron chi connectivity index (χ3n) is 2.92. The van der Waals surface area contributed by atoms with E-state index in [1.165, 1.54) is 6.07 Å². The average molecular weight is 275 g/mol. The molecule has 2 rings (SSSR count). The van der Waals surface area contributed by atoms with E-state index in [1.54, 1.807) is 0 Å². The minimum absolute atomic E-state index is 0.0103. The highest BCUT2D eigenvalue weighted by atomic mass is 19.1. The summed E-state index contributed by atoms with van der Waals surface area (Å²) in [6.07, 6.45) is 1.77. The van der Waals surface area contributed by atoms with Gasteiger partial charge in [-0.15, -0.1) is 0 Å². The summed E-state index contributed by atoms with van der Waals surface area (Å²) in [5.74, 6) is -1.70. The third-order valence-corrected chi connectivity index (χ3v) is 2.92. The van der Waals surface area contributed by atoms with Gasteiger partial charge in [-0.05, 0) is 30.5 Å². The van der Waals surface area contributed by atoms with Gasteiger partial charge in [0.15, 0.2) is 0 Å². The molecule has 2 nitrogen and oxygen atoms in total. The van der Waals surface area contributed by atoms with Crippen molar-refractivity contribution >= 4 is 11.6 Å².